The minimum absolute atomic E-state index is 0.0362. The predicted octanol–water partition coefficient (Wildman–Crippen LogP) is 2.08. The number of benzene rings is 1. The zero-order valence-electron chi connectivity index (χ0n) is 12.1. The summed E-state index contributed by atoms with van der Waals surface area (Å²) in [5.74, 6) is -0.148. The van der Waals surface area contributed by atoms with Gasteiger partial charge in [0.1, 0.15) is 5.69 Å². The van der Waals surface area contributed by atoms with Gasteiger partial charge in [0.15, 0.2) is 5.78 Å². The van der Waals surface area contributed by atoms with Crippen LogP contribution in [0.15, 0.2) is 18.2 Å². The van der Waals surface area contributed by atoms with Crippen LogP contribution in [0.25, 0.3) is 0 Å². The number of nitrogens with zero attached hydrogens (tertiary/aromatic N) is 3. The van der Waals surface area contributed by atoms with E-state index in [4.69, 9.17) is 0 Å². The summed E-state index contributed by atoms with van der Waals surface area (Å²) in [6, 6.07) is 5.31. The molecule has 0 aliphatic carbocycles. The molecule has 112 valence electrons. The highest BCUT2D eigenvalue weighted by Gasteiger charge is 2.32. The number of nitro benzene ring substituents is 1. The van der Waals surface area contributed by atoms with E-state index in [9.17, 15) is 14.9 Å². The molecule has 0 bridgehead atoms. The Balaban J connectivity index is 1.90. The maximum Gasteiger partial charge on any atom is 0.293 e. The normalized spacial score (nSPS) is 22.1. The first-order valence-electron chi connectivity index (χ1n) is 7.34. The minimum atomic E-state index is -0.386. The van der Waals surface area contributed by atoms with Crippen molar-refractivity contribution in [3.05, 3.63) is 33.9 Å². The summed E-state index contributed by atoms with van der Waals surface area (Å²) >= 11 is 0. The van der Waals surface area contributed by atoms with Gasteiger partial charge >= 0.3 is 0 Å². The smallest absolute Gasteiger partial charge is 0.293 e. The van der Waals surface area contributed by atoms with E-state index in [1.165, 1.54) is 19.4 Å². The molecule has 1 unspecified atom stereocenters. The Bertz CT molecular complexity index is 588. The molecule has 2 fully saturated rings. The predicted molar refractivity (Wildman–Crippen MR) is 79.9 cm³/mol. The second-order valence-corrected chi connectivity index (χ2v) is 5.79. The van der Waals surface area contributed by atoms with Crippen molar-refractivity contribution in [1.29, 1.82) is 0 Å². The van der Waals surface area contributed by atoms with E-state index >= 15 is 0 Å². The van der Waals surface area contributed by atoms with Crippen LogP contribution in [0.3, 0.4) is 0 Å². The van der Waals surface area contributed by atoms with Crippen molar-refractivity contribution in [3.8, 4) is 0 Å². The van der Waals surface area contributed by atoms with Crippen LogP contribution in [0.1, 0.15) is 30.1 Å². The molecule has 0 amide bonds. The molecule has 6 heteroatoms. The molecular formula is C15H19N3O3. The molecule has 0 N–H and O–H groups in total. The first kappa shape index (κ1) is 14.0. The zero-order chi connectivity index (χ0) is 15.0. The molecule has 2 aliphatic rings. The van der Waals surface area contributed by atoms with Gasteiger partial charge in [-0.15, -0.1) is 0 Å². The van der Waals surface area contributed by atoms with E-state index in [0.29, 0.717) is 17.3 Å². The molecular weight excluding hydrogens is 270 g/mol. The number of nitro groups is 1. The van der Waals surface area contributed by atoms with Crippen molar-refractivity contribution >= 4 is 17.2 Å². The van der Waals surface area contributed by atoms with Crippen molar-refractivity contribution in [2.75, 3.05) is 31.1 Å². The number of piperazine rings is 1. The lowest BCUT2D eigenvalue weighted by molar-refractivity contribution is -0.384. The fourth-order valence-corrected chi connectivity index (χ4v) is 3.37. The molecule has 0 aromatic heterocycles. The fraction of sp³-hybridized carbons (Fsp3) is 0.533. The van der Waals surface area contributed by atoms with Gasteiger partial charge in [-0.2, -0.15) is 0 Å². The minimum Gasteiger partial charge on any atom is -0.363 e. The van der Waals surface area contributed by atoms with E-state index in [1.807, 2.05) is 0 Å². The van der Waals surface area contributed by atoms with Gasteiger partial charge < -0.3 is 4.90 Å². The summed E-state index contributed by atoms with van der Waals surface area (Å²) in [6.07, 6.45) is 2.37. The summed E-state index contributed by atoms with van der Waals surface area (Å²) < 4.78 is 0. The number of fused-ring (bicyclic) bond motifs is 1. The van der Waals surface area contributed by atoms with Crippen molar-refractivity contribution in [1.82, 2.24) is 4.90 Å². The highest BCUT2D eigenvalue weighted by atomic mass is 16.6. The Hall–Kier alpha value is -1.95. The lowest BCUT2D eigenvalue weighted by atomic mass is 10.1. The fourth-order valence-electron chi connectivity index (χ4n) is 3.37. The summed E-state index contributed by atoms with van der Waals surface area (Å²) in [7, 11) is 0. The number of hydrogen-bond donors (Lipinski definition) is 0. The number of Topliss-reactive ketones (excluding diaryl/α,β-unsaturated/α-hetero) is 1. The topological polar surface area (TPSA) is 66.7 Å². The van der Waals surface area contributed by atoms with Crippen molar-refractivity contribution in [2.45, 2.75) is 25.8 Å². The Morgan fingerprint density at radius 2 is 2.14 bits per heavy atom. The SMILES string of the molecule is CC(=O)c1ccc(N2CCN3CCCC3C2)c([N+](=O)[O-])c1. The summed E-state index contributed by atoms with van der Waals surface area (Å²) in [6.45, 7) is 5.16. The summed E-state index contributed by atoms with van der Waals surface area (Å²) in [5, 5.41) is 11.3. The average Bonchev–Trinajstić information content (AvgIpc) is 2.93. The summed E-state index contributed by atoms with van der Waals surface area (Å²) in [4.78, 5) is 26.9. The third kappa shape index (κ3) is 2.63. The molecule has 1 atom stereocenters. The standard InChI is InChI=1S/C15H19N3O3/c1-11(19)12-4-5-14(15(9-12)18(20)21)17-8-7-16-6-2-3-13(16)10-17/h4-5,9,13H,2-3,6-8,10H2,1H3. The van der Waals surface area contributed by atoms with Gasteiger partial charge in [0.05, 0.1) is 4.92 Å². The lowest BCUT2D eigenvalue weighted by Crippen LogP contribution is -2.50. The molecule has 3 rings (SSSR count). The third-order valence-corrected chi connectivity index (χ3v) is 4.51. The molecule has 0 radical (unpaired) electrons. The van der Waals surface area contributed by atoms with Crippen molar-refractivity contribution in [2.24, 2.45) is 0 Å². The van der Waals surface area contributed by atoms with Crippen LogP contribution < -0.4 is 4.90 Å². The average molecular weight is 289 g/mol. The maximum absolute atomic E-state index is 11.4. The van der Waals surface area contributed by atoms with Crippen LogP contribution in [0.5, 0.6) is 0 Å². The monoisotopic (exact) mass is 289 g/mol. The third-order valence-electron chi connectivity index (χ3n) is 4.51. The molecule has 1 aromatic carbocycles. The van der Waals surface area contributed by atoms with Crippen LogP contribution in [0, 0.1) is 10.1 Å². The number of carbonyl (C=O) groups excluding carboxylic acids is 1. The zero-order valence-corrected chi connectivity index (χ0v) is 12.1. The molecule has 0 saturated carbocycles. The Morgan fingerprint density at radius 3 is 2.86 bits per heavy atom. The Morgan fingerprint density at radius 1 is 1.33 bits per heavy atom. The molecule has 2 saturated heterocycles. The van der Waals surface area contributed by atoms with Crippen LogP contribution in [-0.2, 0) is 0 Å². The highest BCUT2D eigenvalue weighted by molar-refractivity contribution is 5.95. The van der Waals surface area contributed by atoms with E-state index in [2.05, 4.69) is 9.80 Å². The maximum atomic E-state index is 11.4. The largest absolute Gasteiger partial charge is 0.363 e. The number of anilines is 1. The molecule has 2 aliphatic heterocycles. The van der Waals surface area contributed by atoms with E-state index in [-0.39, 0.29) is 16.4 Å². The molecule has 1 aromatic rings. The van der Waals surface area contributed by atoms with Crippen molar-refractivity contribution in [3.63, 3.8) is 0 Å². The van der Waals surface area contributed by atoms with E-state index in [0.717, 1.165) is 32.6 Å². The quantitative estimate of drug-likeness (QED) is 0.484. The molecule has 6 nitrogen and oxygen atoms in total. The number of rotatable bonds is 3. The highest BCUT2D eigenvalue weighted by Crippen LogP contribution is 2.32. The molecule has 0 spiro atoms. The van der Waals surface area contributed by atoms with Crippen LogP contribution in [-0.4, -0.2) is 47.8 Å². The van der Waals surface area contributed by atoms with Gasteiger partial charge in [0, 0.05) is 37.3 Å². The lowest BCUT2D eigenvalue weighted by Gasteiger charge is -2.38. The Labute approximate surface area is 123 Å². The van der Waals surface area contributed by atoms with Crippen LogP contribution in [0.4, 0.5) is 11.4 Å². The van der Waals surface area contributed by atoms with Gasteiger partial charge in [0.25, 0.3) is 5.69 Å². The van der Waals surface area contributed by atoms with Crippen LogP contribution >= 0.6 is 0 Å². The van der Waals surface area contributed by atoms with E-state index in [1.54, 1.807) is 12.1 Å². The van der Waals surface area contributed by atoms with Gasteiger partial charge in [-0.05, 0) is 38.4 Å². The van der Waals surface area contributed by atoms with Gasteiger partial charge in [0.2, 0.25) is 0 Å². The molecule has 2 heterocycles. The second kappa shape index (κ2) is 5.44. The number of hydrogen-bond acceptors (Lipinski definition) is 5. The number of ketones is 1. The Kier molecular flexibility index (Phi) is 3.63. The summed E-state index contributed by atoms with van der Waals surface area (Å²) in [5.41, 5.74) is 1.07. The number of carbonyl (C=O) groups is 1. The molecule has 21 heavy (non-hydrogen) atoms. The van der Waals surface area contributed by atoms with Gasteiger partial charge in [-0.3, -0.25) is 19.8 Å². The van der Waals surface area contributed by atoms with Gasteiger partial charge in [-0.25, -0.2) is 0 Å². The van der Waals surface area contributed by atoms with Crippen LogP contribution in [0.2, 0.25) is 0 Å². The first-order valence-corrected chi connectivity index (χ1v) is 7.34. The van der Waals surface area contributed by atoms with Gasteiger partial charge in [-0.1, -0.05) is 0 Å². The van der Waals surface area contributed by atoms with E-state index < -0.39 is 0 Å². The van der Waals surface area contributed by atoms with Crippen molar-refractivity contribution < 1.29 is 9.72 Å². The first-order chi connectivity index (χ1) is 10.1. The second-order valence-electron chi connectivity index (χ2n) is 5.79.